The molecule has 1 aliphatic rings. The summed E-state index contributed by atoms with van der Waals surface area (Å²) in [6, 6.07) is 3.97. The van der Waals surface area contributed by atoms with Crippen LogP contribution in [0.25, 0.3) is 0 Å². The Bertz CT molecular complexity index is 353. The number of piperidine rings is 1. The Hall–Kier alpha value is -1.42. The quantitative estimate of drug-likeness (QED) is 0.804. The summed E-state index contributed by atoms with van der Waals surface area (Å²) in [6.45, 7) is 1.66. The Kier molecular flexibility index (Phi) is 3.51. The largest absolute Gasteiger partial charge is 0.337 e. The lowest BCUT2D eigenvalue weighted by molar-refractivity contribution is 0.0698. The van der Waals surface area contributed by atoms with Crippen LogP contribution in [0.1, 0.15) is 23.2 Å². The van der Waals surface area contributed by atoms with E-state index in [1.807, 2.05) is 11.9 Å². The van der Waals surface area contributed by atoms with E-state index in [4.69, 9.17) is 0 Å². The van der Waals surface area contributed by atoms with Crippen molar-refractivity contribution in [3.63, 3.8) is 0 Å². The first-order valence-electron chi connectivity index (χ1n) is 5.68. The summed E-state index contributed by atoms with van der Waals surface area (Å²) in [5, 5.41) is 3.23. The molecule has 1 saturated heterocycles. The van der Waals surface area contributed by atoms with Crippen LogP contribution in [0.15, 0.2) is 24.5 Å². The van der Waals surface area contributed by atoms with Crippen molar-refractivity contribution < 1.29 is 4.79 Å². The Morgan fingerprint density at radius 2 is 2.25 bits per heavy atom. The molecule has 1 unspecified atom stereocenters. The molecule has 0 spiro atoms. The SMILES string of the molecule is CNC1CCCN(C(=O)c2ccncc2)C1. The molecule has 1 aromatic rings. The Balaban J connectivity index is 2.05. The Labute approximate surface area is 95.7 Å². The van der Waals surface area contributed by atoms with Gasteiger partial charge in [-0.25, -0.2) is 0 Å². The summed E-state index contributed by atoms with van der Waals surface area (Å²) in [7, 11) is 1.95. The molecule has 1 fully saturated rings. The smallest absolute Gasteiger partial charge is 0.254 e. The maximum atomic E-state index is 12.1. The average Bonchev–Trinajstić information content (AvgIpc) is 2.39. The van der Waals surface area contributed by atoms with E-state index in [2.05, 4.69) is 10.3 Å². The fraction of sp³-hybridized carbons (Fsp3) is 0.500. The van der Waals surface area contributed by atoms with Crippen LogP contribution in [0.5, 0.6) is 0 Å². The van der Waals surface area contributed by atoms with Crippen molar-refractivity contribution in [2.24, 2.45) is 0 Å². The molecule has 1 aromatic heterocycles. The third kappa shape index (κ3) is 2.39. The summed E-state index contributed by atoms with van der Waals surface area (Å²) in [5.74, 6) is 0.113. The van der Waals surface area contributed by atoms with E-state index in [1.54, 1.807) is 24.5 Å². The van der Waals surface area contributed by atoms with Crippen LogP contribution in [0.3, 0.4) is 0 Å². The lowest BCUT2D eigenvalue weighted by atomic mass is 10.1. The number of aromatic nitrogens is 1. The maximum absolute atomic E-state index is 12.1. The number of nitrogens with one attached hydrogen (secondary N) is 1. The van der Waals surface area contributed by atoms with Gasteiger partial charge < -0.3 is 10.2 Å². The fourth-order valence-electron chi connectivity index (χ4n) is 2.07. The molecule has 1 atom stereocenters. The lowest BCUT2D eigenvalue weighted by Crippen LogP contribution is -2.46. The minimum absolute atomic E-state index is 0.113. The van der Waals surface area contributed by atoms with Crippen molar-refractivity contribution in [2.45, 2.75) is 18.9 Å². The zero-order valence-electron chi connectivity index (χ0n) is 9.52. The minimum atomic E-state index is 0.113. The summed E-state index contributed by atoms with van der Waals surface area (Å²) in [5.41, 5.74) is 0.728. The molecule has 4 nitrogen and oxygen atoms in total. The Morgan fingerprint density at radius 3 is 2.94 bits per heavy atom. The van der Waals surface area contributed by atoms with Crippen molar-refractivity contribution in [3.8, 4) is 0 Å². The summed E-state index contributed by atoms with van der Waals surface area (Å²) in [4.78, 5) is 18.0. The van der Waals surface area contributed by atoms with Gasteiger partial charge in [0.2, 0.25) is 0 Å². The minimum Gasteiger partial charge on any atom is -0.337 e. The third-order valence-corrected chi connectivity index (χ3v) is 3.04. The second kappa shape index (κ2) is 5.07. The molecule has 4 heteroatoms. The van der Waals surface area contributed by atoms with Crippen LogP contribution in [0, 0.1) is 0 Å². The van der Waals surface area contributed by atoms with Gasteiger partial charge in [-0.3, -0.25) is 9.78 Å². The van der Waals surface area contributed by atoms with Crippen molar-refractivity contribution in [2.75, 3.05) is 20.1 Å². The average molecular weight is 219 g/mol. The van der Waals surface area contributed by atoms with Gasteiger partial charge in [-0.15, -0.1) is 0 Å². The number of hydrogen-bond donors (Lipinski definition) is 1. The van der Waals surface area contributed by atoms with E-state index in [1.165, 1.54) is 0 Å². The van der Waals surface area contributed by atoms with Gasteiger partial charge in [-0.2, -0.15) is 0 Å². The van der Waals surface area contributed by atoms with Gasteiger partial charge in [0.05, 0.1) is 0 Å². The highest BCUT2D eigenvalue weighted by atomic mass is 16.2. The molecule has 2 rings (SSSR count). The normalized spacial score (nSPS) is 20.8. The van der Waals surface area contributed by atoms with Gasteiger partial charge in [0.25, 0.3) is 5.91 Å². The molecule has 0 saturated carbocycles. The van der Waals surface area contributed by atoms with E-state index in [9.17, 15) is 4.79 Å². The molecule has 0 aliphatic carbocycles. The van der Waals surface area contributed by atoms with E-state index < -0.39 is 0 Å². The highest BCUT2D eigenvalue weighted by Gasteiger charge is 2.23. The van der Waals surface area contributed by atoms with Gasteiger partial charge in [-0.05, 0) is 32.0 Å². The number of amides is 1. The number of carbonyl (C=O) groups excluding carboxylic acids is 1. The highest BCUT2D eigenvalue weighted by molar-refractivity contribution is 5.94. The topological polar surface area (TPSA) is 45.2 Å². The van der Waals surface area contributed by atoms with Crippen LogP contribution in [0.2, 0.25) is 0 Å². The Morgan fingerprint density at radius 1 is 1.50 bits per heavy atom. The van der Waals surface area contributed by atoms with Crippen LogP contribution in [0.4, 0.5) is 0 Å². The van der Waals surface area contributed by atoms with Gasteiger partial charge >= 0.3 is 0 Å². The van der Waals surface area contributed by atoms with Gasteiger partial charge in [0.1, 0.15) is 0 Å². The monoisotopic (exact) mass is 219 g/mol. The summed E-state index contributed by atoms with van der Waals surface area (Å²) < 4.78 is 0. The first kappa shape index (κ1) is 11.1. The van der Waals surface area contributed by atoms with E-state index in [-0.39, 0.29) is 5.91 Å². The van der Waals surface area contributed by atoms with Crippen molar-refractivity contribution >= 4 is 5.91 Å². The zero-order valence-corrected chi connectivity index (χ0v) is 9.52. The molecule has 1 aliphatic heterocycles. The number of likely N-dealkylation sites (N-methyl/N-ethyl adjacent to an activating group) is 1. The van der Waals surface area contributed by atoms with Crippen LogP contribution in [-0.4, -0.2) is 42.0 Å². The standard InChI is InChI=1S/C12H17N3O/c1-13-11-3-2-8-15(9-11)12(16)10-4-6-14-7-5-10/h4-7,11,13H,2-3,8-9H2,1H3. The first-order valence-corrected chi connectivity index (χ1v) is 5.68. The van der Waals surface area contributed by atoms with E-state index in [0.29, 0.717) is 6.04 Å². The molecule has 1 amide bonds. The van der Waals surface area contributed by atoms with Gasteiger partial charge in [-0.1, -0.05) is 0 Å². The molecule has 2 heterocycles. The number of hydrogen-bond acceptors (Lipinski definition) is 3. The molecule has 0 aromatic carbocycles. The van der Waals surface area contributed by atoms with Crippen LogP contribution >= 0.6 is 0 Å². The number of likely N-dealkylation sites (tertiary alicyclic amines) is 1. The third-order valence-electron chi connectivity index (χ3n) is 3.04. The predicted molar refractivity (Wildman–Crippen MR) is 62.2 cm³/mol. The van der Waals surface area contributed by atoms with Crippen molar-refractivity contribution in [1.82, 2.24) is 15.2 Å². The second-order valence-electron chi connectivity index (χ2n) is 4.11. The zero-order chi connectivity index (χ0) is 11.4. The van der Waals surface area contributed by atoms with Crippen molar-refractivity contribution in [3.05, 3.63) is 30.1 Å². The van der Waals surface area contributed by atoms with Crippen LogP contribution in [-0.2, 0) is 0 Å². The molecule has 16 heavy (non-hydrogen) atoms. The number of nitrogens with zero attached hydrogens (tertiary/aromatic N) is 2. The summed E-state index contributed by atoms with van der Waals surface area (Å²) >= 11 is 0. The molecular formula is C12H17N3O. The van der Waals surface area contributed by atoms with Crippen molar-refractivity contribution in [1.29, 1.82) is 0 Å². The fourth-order valence-corrected chi connectivity index (χ4v) is 2.07. The predicted octanol–water partition coefficient (Wildman–Crippen LogP) is 0.906. The van der Waals surface area contributed by atoms with Gasteiger partial charge in [0.15, 0.2) is 0 Å². The molecular weight excluding hydrogens is 202 g/mol. The van der Waals surface area contributed by atoms with Gasteiger partial charge in [0, 0.05) is 37.1 Å². The van der Waals surface area contributed by atoms with E-state index in [0.717, 1.165) is 31.5 Å². The maximum Gasteiger partial charge on any atom is 0.254 e. The molecule has 86 valence electrons. The number of carbonyl (C=O) groups is 1. The molecule has 0 bridgehead atoms. The summed E-state index contributed by atoms with van der Waals surface area (Å²) in [6.07, 6.45) is 5.54. The second-order valence-corrected chi connectivity index (χ2v) is 4.11. The number of pyridine rings is 1. The first-order chi connectivity index (χ1) is 7.81. The molecule has 1 N–H and O–H groups in total. The van der Waals surface area contributed by atoms with E-state index >= 15 is 0 Å². The van der Waals surface area contributed by atoms with Crippen LogP contribution < -0.4 is 5.32 Å². The highest BCUT2D eigenvalue weighted by Crippen LogP contribution is 2.13. The number of rotatable bonds is 2. The molecule has 0 radical (unpaired) electrons. The lowest BCUT2D eigenvalue weighted by Gasteiger charge is -2.32.